The molecule has 0 saturated heterocycles. The quantitative estimate of drug-likeness (QED) is 0.221. The zero-order valence-electron chi connectivity index (χ0n) is 24.0. The van der Waals surface area contributed by atoms with Crippen LogP contribution in [0.5, 0.6) is 23.0 Å². The van der Waals surface area contributed by atoms with Crippen LogP contribution in [0.4, 0.5) is 0 Å². The lowest BCUT2D eigenvalue weighted by molar-refractivity contribution is -0.145. The molecule has 0 bridgehead atoms. The molecule has 0 aliphatic rings. The van der Waals surface area contributed by atoms with Gasteiger partial charge < -0.3 is 23.7 Å². The highest BCUT2D eigenvalue weighted by Crippen LogP contribution is 2.51. The second-order valence-electron chi connectivity index (χ2n) is 9.58. The van der Waals surface area contributed by atoms with E-state index in [0.29, 0.717) is 27.5 Å². The zero-order valence-corrected chi connectivity index (χ0v) is 24.0. The molecule has 0 fully saturated rings. The predicted octanol–water partition coefficient (Wildman–Crippen LogP) is 5.11. The number of hydrogen-bond acceptors (Lipinski definition) is 10. The Balaban J connectivity index is 2.68. The van der Waals surface area contributed by atoms with E-state index in [0.717, 1.165) is 16.5 Å². The first-order chi connectivity index (χ1) is 18.6. The van der Waals surface area contributed by atoms with Gasteiger partial charge in [-0.05, 0) is 50.3 Å². The van der Waals surface area contributed by atoms with Gasteiger partial charge >= 0.3 is 29.8 Å². The third-order valence-electron chi connectivity index (χ3n) is 6.30. The van der Waals surface area contributed by atoms with Gasteiger partial charge in [0.25, 0.3) is 0 Å². The molecule has 40 heavy (non-hydrogen) atoms. The van der Waals surface area contributed by atoms with E-state index >= 15 is 0 Å². The van der Waals surface area contributed by atoms with E-state index in [9.17, 15) is 24.0 Å². The van der Waals surface area contributed by atoms with Crippen molar-refractivity contribution in [3.8, 4) is 23.0 Å². The van der Waals surface area contributed by atoms with E-state index < -0.39 is 36.0 Å². The molecule has 0 amide bonds. The van der Waals surface area contributed by atoms with Crippen molar-refractivity contribution in [1.82, 2.24) is 0 Å². The number of aryl methyl sites for hydroxylation is 2. The van der Waals surface area contributed by atoms with Gasteiger partial charge in [-0.3, -0.25) is 24.0 Å². The zero-order chi connectivity index (χ0) is 30.0. The standard InChI is InChI=1S/C30H32O10/c1-13(36-17(5)31)12-24-28(38-19(7)33)23-11-10-22-14(2)15(3)27(37-18(6)32)16(4)25(22)26(23)30(40-21(9)35)29(24)39-20(8)34/h10-11,13H,12H2,1-9H3. The molecule has 0 heterocycles. The number of carbonyl (C=O) groups excluding carboxylic acids is 5. The van der Waals surface area contributed by atoms with Crippen LogP contribution in [0.1, 0.15) is 63.8 Å². The van der Waals surface area contributed by atoms with Crippen LogP contribution >= 0.6 is 0 Å². The summed E-state index contributed by atoms with van der Waals surface area (Å²) in [4.78, 5) is 60.7. The van der Waals surface area contributed by atoms with E-state index in [-0.39, 0.29) is 29.2 Å². The highest BCUT2D eigenvalue weighted by Gasteiger charge is 2.30. The minimum absolute atomic E-state index is 0.0437. The Kier molecular flexibility index (Phi) is 8.82. The molecule has 0 aliphatic carbocycles. The molecule has 10 nitrogen and oxygen atoms in total. The van der Waals surface area contributed by atoms with Crippen molar-refractivity contribution in [3.63, 3.8) is 0 Å². The molecule has 1 unspecified atom stereocenters. The smallest absolute Gasteiger partial charge is 0.308 e. The summed E-state index contributed by atoms with van der Waals surface area (Å²) in [5, 5.41) is 1.95. The first kappa shape index (κ1) is 30.1. The van der Waals surface area contributed by atoms with Crippen molar-refractivity contribution in [2.24, 2.45) is 0 Å². The molecule has 0 saturated carbocycles. The van der Waals surface area contributed by atoms with Crippen molar-refractivity contribution in [3.05, 3.63) is 34.4 Å². The summed E-state index contributed by atoms with van der Waals surface area (Å²) in [5.41, 5.74) is 2.27. The highest BCUT2D eigenvalue weighted by molar-refractivity contribution is 6.18. The van der Waals surface area contributed by atoms with E-state index in [4.69, 9.17) is 23.7 Å². The third-order valence-corrected chi connectivity index (χ3v) is 6.30. The second kappa shape index (κ2) is 11.7. The van der Waals surface area contributed by atoms with Crippen LogP contribution in [0, 0.1) is 20.8 Å². The number of fused-ring (bicyclic) bond motifs is 3. The van der Waals surface area contributed by atoms with Gasteiger partial charge in [-0.2, -0.15) is 0 Å². The first-order valence-corrected chi connectivity index (χ1v) is 12.6. The fourth-order valence-corrected chi connectivity index (χ4v) is 4.86. The fraction of sp³-hybridized carbons (Fsp3) is 0.367. The van der Waals surface area contributed by atoms with Crippen molar-refractivity contribution >= 4 is 51.4 Å². The average molecular weight is 553 g/mol. The molecular formula is C30H32O10. The van der Waals surface area contributed by atoms with Crippen molar-refractivity contribution in [1.29, 1.82) is 0 Å². The van der Waals surface area contributed by atoms with Gasteiger partial charge in [-0.1, -0.05) is 6.07 Å². The summed E-state index contributed by atoms with van der Waals surface area (Å²) in [7, 11) is 0. The lowest BCUT2D eigenvalue weighted by Gasteiger charge is -2.24. The van der Waals surface area contributed by atoms with Crippen molar-refractivity contribution < 1.29 is 47.7 Å². The topological polar surface area (TPSA) is 132 Å². The monoisotopic (exact) mass is 552 g/mol. The average Bonchev–Trinajstić information content (AvgIpc) is 2.82. The maximum atomic E-state index is 12.4. The van der Waals surface area contributed by atoms with Gasteiger partial charge in [-0.25, -0.2) is 0 Å². The summed E-state index contributed by atoms with van der Waals surface area (Å²) in [5.74, 6) is -3.03. The Morgan fingerprint density at radius 3 is 1.57 bits per heavy atom. The number of hydrogen-bond donors (Lipinski definition) is 0. The number of ether oxygens (including phenoxy) is 5. The van der Waals surface area contributed by atoms with Gasteiger partial charge in [0, 0.05) is 68.3 Å². The first-order valence-electron chi connectivity index (χ1n) is 12.6. The van der Waals surface area contributed by atoms with Gasteiger partial charge in [0.2, 0.25) is 0 Å². The normalized spacial score (nSPS) is 11.6. The SMILES string of the molecule is CC(=O)Oc1c(C)c(C)c2ccc3c(OC(C)=O)c(CC(C)OC(C)=O)c(OC(C)=O)c(OC(C)=O)c3c2c1C. The Labute approximate surface area is 231 Å². The third kappa shape index (κ3) is 6.06. The molecule has 212 valence electrons. The van der Waals surface area contributed by atoms with E-state index in [1.54, 1.807) is 19.9 Å². The summed E-state index contributed by atoms with van der Waals surface area (Å²) >= 11 is 0. The van der Waals surface area contributed by atoms with Crippen LogP contribution in [-0.2, 0) is 35.1 Å². The summed E-state index contributed by atoms with van der Waals surface area (Å²) in [6.07, 6.45) is -0.774. The van der Waals surface area contributed by atoms with Gasteiger partial charge in [0.1, 0.15) is 17.6 Å². The molecule has 3 aromatic carbocycles. The molecule has 0 radical (unpaired) electrons. The second-order valence-corrected chi connectivity index (χ2v) is 9.58. The highest BCUT2D eigenvalue weighted by atomic mass is 16.6. The summed E-state index contributed by atoms with van der Waals surface area (Å²) in [6.45, 7) is 13.2. The minimum Gasteiger partial charge on any atom is -0.463 e. The molecule has 10 heteroatoms. The number of carbonyl (C=O) groups is 5. The van der Waals surface area contributed by atoms with E-state index in [1.807, 2.05) is 19.9 Å². The van der Waals surface area contributed by atoms with Crippen LogP contribution < -0.4 is 18.9 Å². The molecular weight excluding hydrogens is 520 g/mol. The lowest BCUT2D eigenvalue weighted by atomic mass is 9.89. The molecule has 3 aromatic rings. The minimum atomic E-state index is -0.730. The molecule has 1 atom stereocenters. The van der Waals surface area contributed by atoms with Crippen molar-refractivity contribution in [2.45, 2.75) is 74.8 Å². The van der Waals surface area contributed by atoms with Crippen LogP contribution in [0.25, 0.3) is 21.5 Å². The van der Waals surface area contributed by atoms with Crippen LogP contribution in [-0.4, -0.2) is 36.0 Å². The van der Waals surface area contributed by atoms with E-state index in [2.05, 4.69) is 0 Å². The molecule has 0 spiro atoms. The molecule has 3 rings (SSSR count). The number of rotatable bonds is 7. The fourth-order valence-electron chi connectivity index (χ4n) is 4.86. The maximum Gasteiger partial charge on any atom is 0.308 e. The number of benzene rings is 3. The molecule has 0 aliphatic heterocycles. The van der Waals surface area contributed by atoms with Gasteiger partial charge in [-0.15, -0.1) is 0 Å². The molecule has 0 N–H and O–H groups in total. The van der Waals surface area contributed by atoms with Crippen molar-refractivity contribution in [2.75, 3.05) is 0 Å². The van der Waals surface area contributed by atoms with E-state index in [1.165, 1.54) is 34.6 Å². The predicted molar refractivity (Wildman–Crippen MR) is 146 cm³/mol. The van der Waals surface area contributed by atoms with Crippen LogP contribution in [0.2, 0.25) is 0 Å². The summed E-state index contributed by atoms with van der Waals surface area (Å²) in [6, 6.07) is 3.53. The Hall–Kier alpha value is -4.47. The maximum absolute atomic E-state index is 12.4. The van der Waals surface area contributed by atoms with Gasteiger partial charge in [0.05, 0.1) is 0 Å². The summed E-state index contributed by atoms with van der Waals surface area (Å²) < 4.78 is 27.9. The van der Waals surface area contributed by atoms with Crippen LogP contribution in [0.3, 0.4) is 0 Å². The molecule has 0 aromatic heterocycles. The Bertz CT molecular complexity index is 1580. The van der Waals surface area contributed by atoms with Gasteiger partial charge in [0.15, 0.2) is 11.5 Å². The number of esters is 5. The Morgan fingerprint density at radius 1 is 0.575 bits per heavy atom. The van der Waals surface area contributed by atoms with Crippen LogP contribution in [0.15, 0.2) is 12.1 Å². The lowest BCUT2D eigenvalue weighted by Crippen LogP contribution is -2.19. The largest absolute Gasteiger partial charge is 0.463 e. The Morgan fingerprint density at radius 2 is 1.05 bits per heavy atom.